The molecule has 0 radical (unpaired) electrons. The van der Waals surface area contributed by atoms with Crippen LogP contribution in [-0.4, -0.2) is 27.2 Å². The Morgan fingerprint density at radius 3 is 2.54 bits per heavy atom. The summed E-state index contributed by atoms with van der Waals surface area (Å²) in [6.45, 7) is 6.11. The SMILES string of the molecule is Cc1ccc(CSc2nncn2/N=C\c2ccc(OC(C)C)cc2)cc1. The number of nitrogens with zero attached hydrogens (tertiary/aromatic N) is 4. The zero-order chi connectivity index (χ0) is 18.4. The molecule has 26 heavy (non-hydrogen) atoms. The molecule has 5 nitrogen and oxygen atoms in total. The Balaban J connectivity index is 1.62. The minimum atomic E-state index is 0.166. The van der Waals surface area contributed by atoms with Gasteiger partial charge in [0.05, 0.1) is 12.3 Å². The quantitative estimate of drug-likeness (QED) is 0.455. The molecule has 3 aromatic rings. The molecule has 0 unspecified atom stereocenters. The number of rotatable bonds is 7. The van der Waals surface area contributed by atoms with Gasteiger partial charge in [-0.3, -0.25) is 0 Å². The van der Waals surface area contributed by atoms with Crippen molar-refractivity contribution in [2.75, 3.05) is 0 Å². The fraction of sp³-hybridized carbons (Fsp3) is 0.250. The highest BCUT2D eigenvalue weighted by Gasteiger charge is 2.04. The Morgan fingerprint density at radius 2 is 1.85 bits per heavy atom. The van der Waals surface area contributed by atoms with Crippen molar-refractivity contribution in [2.24, 2.45) is 5.10 Å². The largest absolute Gasteiger partial charge is 0.491 e. The maximum absolute atomic E-state index is 5.65. The van der Waals surface area contributed by atoms with E-state index < -0.39 is 0 Å². The topological polar surface area (TPSA) is 52.3 Å². The molecule has 0 aliphatic rings. The van der Waals surface area contributed by atoms with E-state index in [9.17, 15) is 0 Å². The highest BCUT2D eigenvalue weighted by Crippen LogP contribution is 2.21. The first kappa shape index (κ1) is 18.2. The second-order valence-corrected chi connectivity index (χ2v) is 7.16. The molecule has 2 aromatic carbocycles. The number of thioether (sulfide) groups is 1. The monoisotopic (exact) mass is 366 g/mol. The molecule has 0 spiro atoms. The van der Waals surface area contributed by atoms with Crippen molar-refractivity contribution in [1.82, 2.24) is 14.9 Å². The second-order valence-electron chi connectivity index (χ2n) is 6.21. The number of aryl methyl sites for hydroxylation is 1. The molecule has 0 fully saturated rings. The van der Waals surface area contributed by atoms with Crippen molar-refractivity contribution < 1.29 is 4.74 Å². The van der Waals surface area contributed by atoms with Crippen molar-refractivity contribution >= 4 is 18.0 Å². The lowest BCUT2D eigenvalue weighted by Gasteiger charge is -2.09. The van der Waals surface area contributed by atoms with Crippen molar-refractivity contribution in [2.45, 2.75) is 37.8 Å². The average molecular weight is 366 g/mol. The van der Waals surface area contributed by atoms with Crippen molar-refractivity contribution in [3.8, 4) is 5.75 Å². The Labute approximate surface area is 158 Å². The minimum Gasteiger partial charge on any atom is -0.491 e. The molecule has 3 rings (SSSR count). The standard InChI is InChI=1S/C20H22N4OS/c1-15(2)25-19-10-8-17(9-11-19)12-22-24-14-21-23-20(24)26-13-18-6-4-16(3)5-7-18/h4-12,14-15H,13H2,1-3H3/b22-12-. The van der Waals surface area contributed by atoms with Crippen molar-refractivity contribution in [3.63, 3.8) is 0 Å². The second kappa shape index (κ2) is 8.67. The first-order valence-electron chi connectivity index (χ1n) is 8.49. The smallest absolute Gasteiger partial charge is 0.212 e. The molecule has 0 saturated heterocycles. The highest BCUT2D eigenvalue weighted by molar-refractivity contribution is 7.98. The molecule has 1 aromatic heterocycles. The van der Waals surface area contributed by atoms with Gasteiger partial charge >= 0.3 is 0 Å². The van der Waals surface area contributed by atoms with Crippen LogP contribution in [0.4, 0.5) is 0 Å². The third-order valence-electron chi connectivity index (χ3n) is 3.57. The third kappa shape index (κ3) is 5.20. The van der Waals surface area contributed by atoms with Gasteiger partial charge in [-0.2, -0.15) is 9.78 Å². The molecule has 0 aliphatic carbocycles. The van der Waals surface area contributed by atoms with Crippen LogP contribution in [0, 0.1) is 6.92 Å². The van der Waals surface area contributed by atoms with E-state index in [2.05, 4.69) is 46.5 Å². The van der Waals surface area contributed by atoms with Crippen LogP contribution >= 0.6 is 11.8 Å². The van der Waals surface area contributed by atoms with Crippen LogP contribution in [0.15, 0.2) is 65.1 Å². The first-order chi connectivity index (χ1) is 12.6. The fourth-order valence-corrected chi connectivity index (χ4v) is 3.08. The van der Waals surface area contributed by atoms with Gasteiger partial charge in [0, 0.05) is 5.75 Å². The molecule has 1 heterocycles. The summed E-state index contributed by atoms with van der Waals surface area (Å²) in [6.07, 6.45) is 3.57. The number of benzene rings is 2. The van der Waals surface area contributed by atoms with Gasteiger partial charge in [-0.05, 0) is 56.2 Å². The predicted molar refractivity (Wildman–Crippen MR) is 106 cm³/mol. The van der Waals surface area contributed by atoms with E-state index in [1.54, 1.807) is 29.0 Å². The van der Waals surface area contributed by atoms with Gasteiger partial charge in [-0.25, -0.2) is 0 Å². The lowest BCUT2D eigenvalue weighted by Crippen LogP contribution is -2.05. The molecule has 6 heteroatoms. The molecule has 0 aliphatic heterocycles. The molecule has 0 N–H and O–H groups in total. The van der Waals surface area contributed by atoms with Crippen LogP contribution in [0.1, 0.15) is 30.5 Å². The van der Waals surface area contributed by atoms with Crippen LogP contribution in [0.25, 0.3) is 0 Å². The van der Waals surface area contributed by atoms with Gasteiger partial charge in [0.1, 0.15) is 12.1 Å². The summed E-state index contributed by atoms with van der Waals surface area (Å²) in [5, 5.41) is 13.3. The lowest BCUT2D eigenvalue weighted by molar-refractivity contribution is 0.242. The van der Waals surface area contributed by atoms with Crippen LogP contribution in [0.2, 0.25) is 0 Å². The lowest BCUT2D eigenvalue weighted by atomic mass is 10.2. The Hall–Kier alpha value is -2.60. The Morgan fingerprint density at radius 1 is 1.12 bits per heavy atom. The molecule has 0 amide bonds. The van der Waals surface area contributed by atoms with Crippen LogP contribution in [0.5, 0.6) is 5.75 Å². The van der Waals surface area contributed by atoms with Gasteiger partial charge in [0.2, 0.25) is 5.16 Å². The first-order valence-corrected chi connectivity index (χ1v) is 9.48. The van der Waals surface area contributed by atoms with E-state index in [4.69, 9.17) is 4.74 Å². The number of hydrogen-bond acceptors (Lipinski definition) is 5. The summed E-state index contributed by atoms with van der Waals surface area (Å²) in [5.74, 6) is 1.69. The predicted octanol–water partition coefficient (Wildman–Crippen LogP) is 4.55. The molecule has 0 bridgehead atoms. The number of hydrogen-bond donors (Lipinski definition) is 0. The van der Waals surface area contributed by atoms with E-state index in [0.29, 0.717) is 0 Å². The third-order valence-corrected chi connectivity index (χ3v) is 4.58. The highest BCUT2D eigenvalue weighted by atomic mass is 32.2. The van der Waals surface area contributed by atoms with Crippen LogP contribution < -0.4 is 4.74 Å². The number of ether oxygens (including phenoxy) is 1. The van der Waals surface area contributed by atoms with Gasteiger partial charge in [-0.1, -0.05) is 41.6 Å². The van der Waals surface area contributed by atoms with Crippen LogP contribution in [-0.2, 0) is 5.75 Å². The normalized spacial score (nSPS) is 11.4. The number of aromatic nitrogens is 3. The minimum absolute atomic E-state index is 0.166. The van der Waals surface area contributed by atoms with Crippen molar-refractivity contribution in [3.05, 3.63) is 71.5 Å². The van der Waals surface area contributed by atoms with Gasteiger partial charge < -0.3 is 4.74 Å². The van der Waals surface area contributed by atoms with Crippen LogP contribution in [0.3, 0.4) is 0 Å². The van der Waals surface area contributed by atoms with E-state index in [-0.39, 0.29) is 6.10 Å². The van der Waals surface area contributed by atoms with E-state index in [1.807, 2.05) is 38.1 Å². The maximum Gasteiger partial charge on any atom is 0.212 e. The molecule has 0 saturated carbocycles. The van der Waals surface area contributed by atoms with E-state index in [0.717, 1.165) is 22.2 Å². The molecule has 0 atom stereocenters. The summed E-state index contributed by atoms with van der Waals surface area (Å²) in [4.78, 5) is 0. The molecular formula is C20H22N4OS. The van der Waals surface area contributed by atoms with Crippen molar-refractivity contribution in [1.29, 1.82) is 0 Å². The summed E-state index contributed by atoms with van der Waals surface area (Å²) in [5.41, 5.74) is 3.50. The summed E-state index contributed by atoms with van der Waals surface area (Å²) >= 11 is 1.61. The molecular weight excluding hydrogens is 344 g/mol. The fourth-order valence-electron chi connectivity index (χ4n) is 2.26. The summed E-state index contributed by atoms with van der Waals surface area (Å²) in [6, 6.07) is 16.3. The zero-order valence-corrected chi connectivity index (χ0v) is 16.0. The summed E-state index contributed by atoms with van der Waals surface area (Å²) < 4.78 is 7.34. The van der Waals surface area contributed by atoms with Gasteiger partial charge in [0.25, 0.3) is 0 Å². The van der Waals surface area contributed by atoms with Gasteiger partial charge in [0.15, 0.2) is 0 Å². The van der Waals surface area contributed by atoms with Gasteiger partial charge in [-0.15, -0.1) is 10.2 Å². The Kier molecular flexibility index (Phi) is 6.07. The zero-order valence-electron chi connectivity index (χ0n) is 15.2. The maximum atomic E-state index is 5.65. The molecule has 134 valence electrons. The average Bonchev–Trinajstić information content (AvgIpc) is 3.08. The Bertz CT molecular complexity index is 854. The van der Waals surface area contributed by atoms with E-state index in [1.165, 1.54) is 11.1 Å². The summed E-state index contributed by atoms with van der Waals surface area (Å²) in [7, 11) is 0. The van der Waals surface area contributed by atoms with E-state index >= 15 is 0 Å².